The van der Waals surface area contributed by atoms with Crippen LogP contribution in [-0.4, -0.2) is 13.1 Å². The van der Waals surface area contributed by atoms with E-state index >= 15 is 0 Å². The second-order valence-corrected chi connectivity index (χ2v) is 2.51. The van der Waals surface area contributed by atoms with Crippen molar-refractivity contribution < 1.29 is 0 Å². The largest absolute Gasteiger partial charge is 0.392 e. The lowest BCUT2D eigenvalue weighted by Crippen LogP contribution is -2.24. The van der Waals surface area contributed by atoms with Crippen molar-refractivity contribution in [2.45, 2.75) is 25.3 Å². The van der Waals surface area contributed by atoms with Crippen molar-refractivity contribution in [1.82, 2.24) is 5.32 Å². The molecular weight excluding hydrogens is 112 g/mol. The zero-order valence-electron chi connectivity index (χ0n) is 5.85. The first-order valence-corrected chi connectivity index (χ1v) is 3.45. The first-order chi connectivity index (χ1) is 4.33. The van der Waals surface area contributed by atoms with Gasteiger partial charge in [0.1, 0.15) is 0 Å². The molecule has 0 spiro atoms. The molecule has 0 saturated carbocycles. The molecule has 0 amide bonds. The molecule has 1 unspecified atom stereocenters. The average Bonchev–Trinajstić information content (AvgIpc) is 1.90. The summed E-state index contributed by atoms with van der Waals surface area (Å²) < 4.78 is 0. The Labute approximate surface area is 56.1 Å². The Morgan fingerprint density at radius 2 is 2.56 bits per heavy atom. The first-order valence-electron chi connectivity index (χ1n) is 3.45. The van der Waals surface area contributed by atoms with Gasteiger partial charge in [0.05, 0.1) is 0 Å². The fraction of sp³-hybridized carbons (Fsp3) is 0.714. The topological polar surface area (TPSA) is 38.0 Å². The third-order valence-corrected chi connectivity index (χ3v) is 1.77. The maximum atomic E-state index is 5.68. The Morgan fingerprint density at radius 1 is 1.78 bits per heavy atom. The highest BCUT2D eigenvalue weighted by Crippen LogP contribution is 2.13. The van der Waals surface area contributed by atoms with Crippen LogP contribution >= 0.6 is 0 Å². The van der Waals surface area contributed by atoms with Crippen molar-refractivity contribution in [1.29, 1.82) is 0 Å². The van der Waals surface area contributed by atoms with Crippen LogP contribution in [0, 0.1) is 0 Å². The summed E-state index contributed by atoms with van der Waals surface area (Å²) in [4.78, 5) is 0. The molecule has 0 saturated heterocycles. The molecule has 0 aromatic heterocycles. The van der Waals surface area contributed by atoms with Gasteiger partial charge in [-0.15, -0.1) is 0 Å². The predicted molar refractivity (Wildman–Crippen MR) is 39.0 cm³/mol. The van der Waals surface area contributed by atoms with Crippen molar-refractivity contribution in [3.63, 3.8) is 0 Å². The van der Waals surface area contributed by atoms with Gasteiger partial charge in [-0.05, 0) is 19.3 Å². The maximum Gasteiger partial charge on any atom is 0.00778 e. The molecular formula is C7H14N2. The molecule has 0 bridgehead atoms. The Hall–Kier alpha value is -0.500. The number of rotatable bonds is 1. The zero-order valence-corrected chi connectivity index (χ0v) is 5.85. The van der Waals surface area contributed by atoms with Gasteiger partial charge < -0.3 is 11.1 Å². The third kappa shape index (κ3) is 1.72. The lowest BCUT2D eigenvalue weighted by molar-refractivity contribution is 0.573. The monoisotopic (exact) mass is 126 g/mol. The van der Waals surface area contributed by atoms with Crippen molar-refractivity contribution in [3.05, 3.63) is 11.8 Å². The van der Waals surface area contributed by atoms with Crippen LogP contribution in [0.2, 0.25) is 0 Å². The van der Waals surface area contributed by atoms with Gasteiger partial charge in [-0.1, -0.05) is 6.08 Å². The number of hydrogen-bond donors (Lipinski definition) is 2. The zero-order chi connectivity index (χ0) is 6.69. The summed E-state index contributed by atoms with van der Waals surface area (Å²) in [7, 11) is 1.96. The molecule has 52 valence electrons. The third-order valence-electron chi connectivity index (χ3n) is 1.77. The maximum absolute atomic E-state index is 5.68. The van der Waals surface area contributed by atoms with Crippen LogP contribution in [0.4, 0.5) is 0 Å². The van der Waals surface area contributed by atoms with E-state index in [0.717, 1.165) is 19.3 Å². The highest BCUT2D eigenvalue weighted by atomic mass is 14.8. The average molecular weight is 126 g/mol. The van der Waals surface area contributed by atoms with Crippen molar-refractivity contribution in [2.75, 3.05) is 7.05 Å². The van der Waals surface area contributed by atoms with E-state index in [0.29, 0.717) is 6.04 Å². The van der Waals surface area contributed by atoms with E-state index in [4.69, 9.17) is 5.73 Å². The standard InChI is InChI=1S/C7H14N2/c1-9-7-4-2-6(8)3-5-7/h4,6,9H,2-3,5,8H2,1H3. The van der Waals surface area contributed by atoms with E-state index < -0.39 is 0 Å². The Bertz CT molecular complexity index is 118. The molecule has 3 N–H and O–H groups in total. The number of nitrogens with two attached hydrogens (primary N) is 1. The molecule has 0 heterocycles. The molecule has 2 heteroatoms. The summed E-state index contributed by atoms with van der Waals surface area (Å²) in [5.41, 5.74) is 7.02. The van der Waals surface area contributed by atoms with E-state index in [2.05, 4.69) is 11.4 Å². The summed E-state index contributed by atoms with van der Waals surface area (Å²) in [6, 6.07) is 0.405. The van der Waals surface area contributed by atoms with Crippen LogP contribution in [-0.2, 0) is 0 Å². The van der Waals surface area contributed by atoms with Gasteiger partial charge in [0, 0.05) is 18.8 Å². The lowest BCUT2D eigenvalue weighted by Gasteiger charge is -2.17. The van der Waals surface area contributed by atoms with E-state index in [-0.39, 0.29) is 0 Å². The molecule has 1 atom stereocenters. The first kappa shape index (κ1) is 6.62. The predicted octanol–water partition coefficient (Wildman–Crippen LogP) is 0.601. The van der Waals surface area contributed by atoms with E-state index in [9.17, 15) is 0 Å². The number of nitrogens with one attached hydrogen (secondary N) is 1. The van der Waals surface area contributed by atoms with Crippen LogP contribution < -0.4 is 11.1 Å². The van der Waals surface area contributed by atoms with E-state index in [1.807, 2.05) is 7.05 Å². The van der Waals surface area contributed by atoms with Gasteiger partial charge in [0.25, 0.3) is 0 Å². The smallest absolute Gasteiger partial charge is 0.00778 e. The normalized spacial score (nSPS) is 27.3. The quantitative estimate of drug-likeness (QED) is 0.540. The molecule has 2 nitrogen and oxygen atoms in total. The van der Waals surface area contributed by atoms with Crippen LogP contribution in [0.3, 0.4) is 0 Å². The van der Waals surface area contributed by atoms with Crippen LogP contribution in [0.1, 0.15) is 19.3 Å². The molecule has 1 aliphatic rings. The summed E-state index contributed by atoms with van der Waals surface area (Å²) in [5, 5.41) is 3.13. The molecule has 0 aromatic carbocycles. The van der Waals surface area contributed by atoms with Gasteiger partial charge >= 0.3 is 0 Å². The minimum Gasteiger partial charge on any atom is -0.392 e. The minimum atomic E-state index is 0.405. The molecule has 0 aromatic rings. The second kappa shape index (κ2) is 2.87. The van der Waals surface area contributed by atoms with Gasteiger partial charge in [-0.25, -0.2) is 0 Å². The van der Waals surface area contributed by atoms with Crippen molar-refractivity contribution >= 4 is 0 Å². The lowest BCUT2D eigenvalue weighted by atomic mass is 10.0. The minimum absolute atomic E-state index is 0.405. The Morgan fingerprint density at radius 3 is 3.00 bits per heavy atom. The fourth-order valence-electron chi connectivity index (χ4n) is 1.08. The molecule has 0 radical (unpaired) electrons. The summed E-state index contributed by atoms with van der Waals surface area (Å²) >= 11 is 0. The highest BCUT2D eigenvalue weighted by molar-refractivity contribution is 5.04. The van der Waals surface area contributed by atoms with Crippen LogP contribution in [0.25, 0.3) is 0 Å². The number of allylic oxidation sites excluding steroid dienone is 1. The van der Waals surface area contributed by atoms with E-state index in [1.165, 1.54) is 5.70 Å². The molecule has 9 heavy (non-hydrogen) atoms. The van der Waals surface area contributed by atoms with Crippen molar-refractivity contribution in [2.24, 2.45) is 5.73 Å². The molecule has 0 aliphatic heterocycles. The van der Waals surface area contributed by atoms with Crippen LogP contribution in [0.5, 0.6) is 0 Å². The fourth-order valence-corrected chi connectivity index (χ4v) is 1.08. The second-order valence-electron chi connectivity index (χ2n) is 2.51. The van der Waals surface area contributed by atoms with Crippen molar-refractivity contribution in [3.8, 4) is 0 Å². The summed E-state index contributed by atoms with van der Waals surface area (Å²) in [6.45, 7) is 0. The Balaban J connectivity index is 2.40. The summed E-state index contributed by atoms with van der Waals surface area (Å²) in [5.74, 6) is 0. The van der Waals surface area contributed by atoms with Crippen LogP contribution in [0.15, 0.2) is 11.8 Å². The van der Waals surface area contributed by atoms with Gasteiger partial charge in [0.15, 0.2) is 0 Å². The molecule has 1 rings (SSSR count). The SMILES string of the molecule is CNC1=CCC(N)CC1. The van der Waals surface area contributed by atoms with Gasteiger partial charge in [0.2, 0.25) is 0 Å². The number of hydrogen-bond acceptors (Lipinski definition) is 2. The highest BCUT2D eigenvalue weighted by Gasteiger charge is 2.07. The van der Waals surface area contributed by atoms with Gasteiger partial charge in [-0.2, -0.15) is 0 Å². The molecule has 1 aliphatic carbocycles. The van der Waals surface area contributed by atoms with Gasteiger partial charge in [-0.3, -0.25) is 0 Å². The molecule has 0 fully saturated rings. The summed E-state index contributed by atoms with van der Waals surface area (Å²) in [6.07, 6.45) is 5.48. The Kier molecular flexibility index (Phi) is 2.11. The van der Waals surface area contributed by atoms with E-state index in [1.54, 1.807) is 0 Å².